The zero-order valence-electron chi connectivity index (χ0n) is 17.1. The summed E-state index contributed by atoms with van der Waals surface area (Å²) >= 11 is 0. The third kappa shape index (κ3) is 4.04. The van der Waals surface area contributed by atoms with E-state index in [1.54, 1.807) is 11.1 Å². The molecule has 1 N–H and O–H groups in total. The minimum atomic E-state index is -0.518. The number of nitrogens with one attached hydrogen (secondary N) is 1. The molecule has 7 heteroatoms. The van der Waals surface area contributed by atoms with E-state index in [4.69, 9.17) is 4.74 Å². The maximum Gasteiger partial charge on any atom is 0.410 e. The molecule has 29 heavy (non-hydrogen) atoms. The Morgan fingerprint density at radius 2 is 1.76 bits per heavy atom. The van der Waals surface area contributed by atoms with E-state index in [0.717, 1.165) is 27.5 Å². The lowest BCUT2D eigenvalue weighted by molar-refractivity contribution is -0.132. The Kier molecular flexibility index (Phi) is 4.90. The molecule has 7 nitrogen and oxygen atoms in total. The molecular weight excluding hydrogens is 368 g/mol. The quantitative estimate of drug-likeness (QED) is 0.723. The molecule has 0 aliphatic carbocycles. The van der Waals surface area contributed by atoms with E-state index in [1.165, 1.54) is 0 Å². The summed E-state index contributed by atoms with van der Waals surface area (Å²) in [4.78, 5) is 36.4. The summed E-state index contributed by atoms with van der Waals surface area (Å²) < 4.78 is 5.42. The molecule has 2 aromatic heterocycles. The molecule has 0 saturated carbocycles. The monoisotopic (exact) mass is 394 g/mol. The van der Waals surface area contributed by atoms with Crippen LogP contribution in [0.3, 0.4) is 0 Å². The maximum absolute atomic E-state index is 12.9. The lowest BCUT2D eigenvalue weighted by Gasteiger charge is -2.35. The number of piperazine rings is 1. The summed E-state index contributed by atoms with van der Waals surface area (Å²) in [5.41, 5.74) is 2.26. The first-order valence-corrected chi connectivity index (χ1v) is 9.92. The van der Waals surface area contributed by atoms with Crippen molar-refractivity contribution in [3.05, 3.63) is 42.1 Å². The molecule has 0 spiro atoms. The van der Waals surface area contributed by atoms with Crippen molar-refractivity contribution in [2.75, 3.05) is 26.2 Å². The van der Waals surface area contributed by atoms with Crippen molar-refractivity contribution >= 4 is 33.9 Å². The number of hydrogen-bond acceptors (Lipinski definition) is 4. The van der Waals surface area contributed by atoms with Gasteiger partial charge in [-0.3, -0.25) is 4.79 Å². The number of carbonyl (C=O) groups excluding carboxylic acids is 2. The standard InChI is InChI=1S/C22H26N4O3/c1-22(2,3)29-21(28)26-12-10-25(11-13-26)18(27)14-15-8-9-23-20-19(15)16-6-4-5-7-17(16)24-20/h4-9H,10-14H2,1-3H3,(H,23,24). The van der Waals surface area contributed by atoms with Crippen LogP contribution in [0.1, 0.15) is 26.3 Å². The number of benzene rings is 1. The highest BCUT2D eigenvalue weighted by Gasteiger charge is 2.28. The summed E-state index contributed by atoms with van der Waals surface area (Å²) in [6.45, 7) is 7.56. The Hall–Kier alpha value is -3.09. The average molecular weight is 394 g/mol. The van der Waals surface area contributed by atoms with Crippen molar-refractivity contribution in [3.63, 3.8) is 0 Å². The topological polar surface area (TPSA) is 78.5 Å². The molecule has 3 heterocycles. The molecule has 0 unspecified atom stereocenters. The third-order valence-corrected chi connectivity index (χ3v) is 5.11. The molecule has 1 fully saturated rings. The van der Waals surface area contributed by atoms with Crippen LogP contribution in [0.4, 0.5) is 4.79 Å². The highest BCUT2D eigenvalue weighted by Crippen LogP contribution is 2.27. The number of ether oxygens (including phenoxy) is 1. The van der Waals surface area contributed by atoms with Crippen LogP contribution in [-0.2, 0) is 16.0 Å². The first-order chi connectivity index (χ1) is 13.8. The van der Waals surface area contributed by atoms with Gasteiger partial charge in [0.2, 0.25) is 5.91 Å². The van der Waals surface area contributed by atoms with Gasteiger partial charge in [0.25, 0.3) is 0 Å². The number of rotatable bonds is 2. The number of aromatic amines is 1. The molecule has 2 amide bonds. The fourth-order valence-corrected chi connectivity index (χ4v) is 3.72. The van der Waals surface area contributed by atoms with Crippen molar-refractivity contribution < 1.29 is 14.3 Å². The molecular formula is C22H26N4O3. The first kappa shape index (κ1) is 19.2. The van der Waals surface area contributed by atoms with Crippen LogP contribution in [0, 0.1) is 0 Å². The van der Waals surface area contributed by atoms with Gasteiger partial charge in [-0.1, -0.05) is 18.2 Å². The van der Waals surface area contributed by atoms with Gasteiger partial charge in [0, 0.05) is 48.7 Å². The van der Waals surface area contributed by atoms with Gasteiger partial charge in [-0.25, -0.2) is 9.78 Å². The highest BCUT2D eigenvalue weighted by atomic mass is 16.6. The van der Waals surface area contributed by atoms with Crippen molar-refractivity contribution in [2.45, 2.75) is 32.8 Å². The summed E-state index contributed by atoms with van der Waals surface area (Å²) in [7, 11) is 0. The molecule has 1 aliphatic rings. The van der Waals surface area contributed by atoms with E-state index in [2.05, 4.69) is 9.97 Å². The number of carbonyl (C=O) groups is 2. The van der Waals surface area contributed by atoms with Gasteiger partial charge in [-0.05, 0) is 38.5 Å². The van der Waals surface area contributed by atoms with E-state index < -0.39 is 5.60 Å². The largest absolute Gasteiger partial charge is 0.444 e. The second-order valence-electron chi connectivity index (χ2n) is 8.39. The number of H-pyrrole nitrogens is 1. The number of fused-ring (bicyclic) bond motifs is 3. The van der Waals surface area contributed by atoms with Crippen molar-refractivity contribution in [1.29, 1.82) is 0 Å². The zero-order chi connectivity index (χ0) is 20.6. The maximum atomic E-state index is 12.9. The summed E-state index contributed by atoms with van der Waals surface area (Å²) in [5, 5.41) is 2.08. The predicted molar refractivity (Wildman–Crippen MR) is 112 cm³/mol. The van der Waals surface area contributed by atoms with Crippen LogP contribution >= 0.6 is 0 Å². The Bertz CT molecular complexity index is 1060. The van der Waals surface area contributed by atoms with Crippen molar-refractivity contribution in [2.24, 2.45) is 0 Å². The van der Waals surface area contributed by atoms with Gasteiger partial charge in [0.1, 0.15) is 11.2 Å². The van der Waals surface area contributed by atoms with Crippen LogP contribution in [0.2, 0.25) is 0 Å². The molecule has 1 saturated heterocycles. The SMILES string of the molecule is CC(C)(C)OC(=O)N1CCN(C(=O)Cc2ccnc3[nH]c4ccccc4c23)CC1. The average Bonchev–Trinajstić information content (AvgIpc) is 3.06. The van der Waals surface area contributed by atoms with Crippen molar-refractivity contribution in [3.8, 4) is 0 Å². The predicted octanol–water partition coefficient (Wildman–Crippen LogP) is 3.34. The van der Waals surface area contributed by atoms with E-state index in [-0.39, 0.29) is 12.0 Å². The minimum absolute atomic E-state index is 0.0617. The molecule has 1 aliphatic heterocycles. The highest BCUT2D eigenvalue weighted by molar-refractivity contribution is 6.08. The van der Waals surface area contributed by atoms with E-state index in [1.807, 2.05) is 56.0 Å². The smallest absolute Gasteiger partial charge is 0.410 e. The lowest BCUT2D eigenvalue weighted by Crippen LogP contribution is -2.52. The minimum Gasteiger partial charge on any atom is -0.444 e. The number of para-hydroxylation sites is 1. The van der Waals surface area contributed by atoms with E-state index in [0.29, 0.717) is 32.6 Å². The van der Waals surface area contributed by atoms with Gasteiger partial charge in [0.05, 0.1) is 6.42 Å². The van der Waals surface area contributed by atoms with Crippen LogP contribution in [0.15, 0.2) is 36.5 Å². The summed E-state index contributed by atoms with van der Waals surface area (Å²) in [6, 6.07) is 9.94. The van der Waals surface area contributed by atoms with Gasteiger partial charge in [-0.2, -0.15) is 0 Å². The fourth-order valence-electron chi connectivity index (χ4n) is 3.72. The Morgan fingerprint density at radius 1 is 1.07 bits per heavy atom. The number of aromatic nitrogens is 2. The van der Waals surface area contributed by atoms with Gasteiger partial charge in [0.15, 0.2) is 0 Å². The summed E-state index contributed by atoms with van der Waals surface area (Å²) in [5.74, 6) is 0.0617. The Balaban J connectivity index is 1.45. The lowest BCUT2D eigenvalue weighted by atomic mass is 10.1. The van der Waals surface area contributed by atoms with E-state index in [9.17, 15) is 9.59 Å². The number of pyridine rings is 1. The molecule has 0 atom stereocenters. The molecule has 4 rings (SSSR count). The molecule has 152 valence electrons. The van der Waals surface area contributed by atoms with Crippen LogP contribution in [0.25, 0.3) is 21.9 Å². The second kappa shape index (κ2) is 7.39. The second-order valence-corrected chi connectivity index (χ2v) is 8.39. The normalized spacial score (nSPS) is 15.1. The van der Waals surface area contributed by atoms with Crippen LogP contribution in [0.5, 0.6) is 0 Å². The van der Waals surface area contributed by atoms with E-state index >= 15 is 0 Å². The summed E-state index contributed by atoms with van der Waals surface area (Å²) in [6.07, 6.45) is 1.73. The Morgan fingerprint density at radius 3 is 2.48 bits per heavy atom. The molecule has 1 aromatic carbocycles. The Labute approximate surface area is 169 Å². The van der Waals surface area contributed by atoms with Gasteiger partial charge >= 0.3 is 6.09 Å². The molecule has 3 aromatic rings. The first-order valence-electron chi connectivity index (χ1n) is 9.92. The number of hydrogen-bond donors (Lipinski definition) is 1. The number of amides is 2. The fraction of sp³-hybridized carbons (Fsp3) is 0.409. The molecule has 0 radical (unpaired) electrons. The van der Waals surface area contributed by atoms with Gasteiger partial charge < -0.3 is 19.5 Å². The zero-order valence-corrected chi connectivity index (χ0v) is 17.1. The third-order valence-electron chi connectivity index (χ3n) is 5.11. The van der Waals surface area contributed by atoms with Crippen LogP contribution < -0.4 is 0 Å². The van der Waals surface area contributed by atoms with Crippen LogP contribution in [-0.4, -0.2) is 63.5 Å². The van der Waals surface area contributed by atoms with Gasteiger partial charge in [-0.15, -0.1) is 0 Å². The number of nitrogens with zero attached hydrogens (tertiary/aromatic N) is 3. The molecule has 0 bridgehead atoms. The van der Waals surface area contributed by atoms with Crippen molar-refractivity contribution in [1.82, 2.24) is 19.8 Å².